The average Bonchev–Trinajstić information content (AvgIpc) is 2.88. The van der Waals surface area contributed by atoms with E-state index in [1.54, 1.807) is 23.3 Å². The Kier molecular flexibility index (Phi) is 3.53. The molecule has 0 aliphatic heterocycles. The summed E-state index contributed by atoms with van der Waals surface area (Å²) in [5, 5.41) is 4.06. The number of thiazole rings is 1. The van der Waals surface area contributed by atoms with Crippen LogP contribution in [0.3, 0.4) is 0 Å². The van der Waals surface area contributed by atoms with Crippen LogP contribution in [-0.4, -0.2) is 26.8 Å². The van der Waals surface area contributed by atoms with Gasteiger partial charge in [0.05, 0.1) is 17.7 Å². The molecule has 6 heteroatoms. The highest BCUT2D eigenvalue weighted by molar-refractivity contribution is 7.11. The minimum absolute atomic E-state index is 0.219. The van der Waals surface area contributed by atoms with Crippen LogP contribution in [-0.2, 0) is 11.3 Å². The van der Waals surface area contributed by atoms with Gasteiger partial charge in [0.25, 0.3) is 0 Å². The Morgan fingerprint density at radius 3 is 3.06 bits per heavy atom. The Bertz CT molecular complexity index is 493. The second-order valence-electron chi connectivity index (χ2n) is 3.71. The molecule has 0 N–H and O–H groups in total. The van der Waals surface area contributed by atoms with Crippen LogP contribution in [0.5, 0.6) is 0 Å². The minimum atomic E-state index is -0.315. The van der Waals surface area contributed by atoms with Gasteiger partial charge in [0.15, 0.2) is 0 Å². The lowest BCUT2D eigenvalue weighted by atomic mass is 10.3. The molecule has 0 aromatic carbocycles. The maximum Gasteiger partial charge on any atom is 0.350 e. The van der Waals surface area contributed by atoms with Crippen molar-refractivity contribution in [2.45, 2.75) is 26.5 Å². The first-order chi connectivity index (χ1) is 8.16. The topological polar surface area (TPSA) is 57.0 Å². The number of carbonyl (C=O) groups is 1. The normalized spacial score (nSPS) is 12.4. The molecule has 1 atom stereocenters. The van der Waals surface area contributed by atoms with E-state index in [0.717, 1.165) is 0 Å². The van der Waals surface area contributed by atoms with Crippen LogP contribution in [0.1, 0.15) is 22.3 Å². The third-order valence-corrected chi connectivity index (χ3v) is 3.15. The Balaban J connectivity index is 1.93. The molecule has 0 aliphatic rings. The quantitative estimate of drug-likeness (QED) is 0.779. The van der Waals surface area contributed by atoms with Gasteiger partial charge in [0, 0.05) is 12.4 Å². The molecule has 0 saturated carbocycles. The molecule has 0 amide bonds. The molecule has 0 bridgehead atoms. The number of nitrogens with zero attached hydrogens (tertiary/aromatic N) is 3. The summed E-state index contributed by atoms with van der Waals surface area (Å²) in [4.78, 5) is 16.4. The third-order valence-electron chi connectivity index (χ3n) is 2.24. The highest BCUT2D eigenvalue weighted by Crippen LogP contribution is 2.14. The summed E-state index contributed by atoms with van der Waals surface area (Å²) in [6.07, 6.45) is 3.31. The highest BCUT2D eigenvalue weighted by Gasteiger charge is 2.16. The molecular weight excluding hydrogens is 238 g/mol. The van der Waals surface area contributed by atoms with E-state index in [0.29, 0.717) is 17.1 Å². The number of aromatic nitrogens is 3. The standard InChI is InChI=1S/C11H13N3O2S/c1-8(6-14-5-3-4-13-14)16-11(15)10-9(2)12-7-17-10/h3-5,7-8H,6H2,1-2H3/t8-/m1/s1. The third kappa shape index (κ3) is 2.91. The van der Waals surface area contributed by atoms with E-state index in [4.69, 9.17) is 4.74 Å². The largest absolute Gasteiger partial charge is 0.456 e. The molecule has 17 heavy (non-hydrogen) atoms. The fourth-order valence-electron chi connectivity index (χ4n) is 1.44. The number of ether oxygens (including phenoxy) is 1. The molecular formula is C11H13N3O2S. The molecule has 0 aliphatic carbocycles. The summed E-state index contributed by atoms with van der Waals surface area (Å²) in [7, 11) is 0. The van der Waals surface area contributed by atoms with Crippen LogP contribution >= 0.6 is 11.3 Å². The van der Waals surface area contributed by atoms with Crippen molar-refractivity contribution in [2.24, 2.45) is 0 Å². The monoisotopic (exact) mass is 251 g/mol. The van der Waals surface area contributed by atoms with Gasteiger partial charge in [-0.05, 0) is 19.9 Å². The van der Waals surface area contributed by atoms with E-state index < -0.39 is 0 Å². The number of esters is 1. The fourth-order valence-corrected chi connectivity index (χ4v) is 2.13. The smallest absolute Gasteiger partial charge is 0.350 e. The number of hydrogen-bond acceptors (Lipinski definition) is 5. The molecule has 0 unspecified atom stereocenters. The van der Waals surface area contributed by atoms with Crippen molar-refractivity contribution >= 4 is 17.3 Å². The molecule has 2 rings (SSSR count). The molecule has 0 fully saturated rings. The zero-order valence-corrected chi connectivity index (χ0v) is 10.5. The Labute approximate surface area is 103 Å². The lowest BCUT2D eigenvalue weighted by Gasteiger charge is -2.12. The number of rotatable bonds is 4. The van der Waals surface area contributed by atoms with Gasteiger partial charge < -0.3 is 4.74 Å². The minimum Gasteiger partial charge on any atom is -0.456 e. The van der Waals surface area contributed by atoms with Crippen LogP contribution in [0, 0.1) is 6.92 Å². The first kappa shape index (κ1) is 11.8. The average molecular weight is 251 g/mol. The van der Waals surface area contributed by atoms with Crippen molar-refractivity contribution in [3.8, 4) is 0 Å². The molecule has 0 saturated heterocycles. The first-order valence-corrected chi connectivity index (χ1v) is 6.13. The lowest BCUT2D eigenvalue weighted by molar-refractivity contribution is 0.0303. The van der Waals surface area contributed by atoms with Crippen molar-refractivity contribution in [3.05, 3.63) is 34.5 Å². The van der Waals surface area contributed by atoms with Crippen LogP contribution in [0.4, 0.5) is 0 Å². The summed E-state index contributed by atoms with van der Waals surface area (Å²) < 4.78 is 7.05. The van der Waals surface area contributed by atoms with Gasteiger partial charge in [-0.1, -0.05) is 0 Å². The molecule has 0 spiro atoms. The SMILES string of the molecule is Cc1ncsc1C(=O)O[C@H](C)Cn1cccn1. The van der Waals surface area contributed by atoms with Gasteiger partial charge in [0.2, 0.25) is 0 Å². The van der Waals surface area contributed by atoms with E-state index in [-0.39, 0.29) is 12.1 Å². The van der Waals surface area contributed by atoms with Gasteiger partial charge in [-0.2, -0.15) is 5.10 Å². The highest BCUT2D eigenvalue weighted by atomic mass is 32.1. The zero-order chi connectivity index (χ0) is 12.3. The van der Waals surface area contributed by atoms with Crippen LogP contribution in [0.15, 0.2) is 24.0 Å². The Hall–Kier alpha value is -1.69. The van der Waals surface area contributed by atoms with E-state index in [2.05, 4.69) is 10.1 Å². The van der Waals surface area contributed by atoms with Crippen molar-refractivity contribution in [1.82, 2.24) is 14.8 Å². The lowest BCUT2D eigenvalue weighted by Crippen LogP contribution is -2.20. The number of hydrogen-bond donors (Lipinski definition) is 0. The summed E-state index contributed by atoms with van der Waals surface area (Å²) in [5.41, 5.74) is 2.36. The second kappa shape index (κ2) is 5.09. The first-order valence-electron chi connectivity index (χ1n) is 5.25. The van der Waals surface area contributed by atoms with Gasteiger partial charge in [-0.15, -0.1) is 11.3 Å². The second-order valence-corrected chi connectivity index (χ2v) is 4.57. The van der Waals surface area contributed by atoms with Crippen molar-refractivity contribution in [2.75, 3.05) is 0 Å². The maximum atomic E-state index is 11.8. The van der Waals surface area contributed by atoms with E-state index in [9.17, 15) is 4.79 Å². The van der Waals surface area contributed by atoms with E-state index >= 15 is 0 Å². The summed E-state index contributed by atoms with van der Waals surface area (Å²) >= 11 is 1.30. The fraction of sp³-hybridized carbons (Fsp3) is 0.364. The molecule has 2 aromatic heterocycles. The molecule has 2 aromatic rings. The van der Waals surface area contributed by atoms with Gasteiger partial charge in [-0.3, -0.25) is 4.68 Å². The van der Waals surface area contributed by atoms with Crippen LogP contribution in [0.2, 0.25) is 0 Å². The molecule has 0 radical (unpaired) electrons. The predicted octanol–water partition coefficient (Wildman–Crippen LogP) is 1.89. The summed E-state index contributed by atoms with van der Waals surface area (Å²) in [6, 6.07) is 1.84. The van der Waals surface area contributed by atoms with Gasteiger partial charge in [-0.25, -0.2) is 9.78 Å². The molecule has 2 heterocycles. The van der Waals surface area contributed by atoms with Crippen molar-refractivity contribution < 1.29 is 9.53 Å². The molecule has 90 valence electrons. The van der Waals surface area contributed by atoms with Crippen molar-refractivity contribution in [1.29, 1.82) is 0 Å². The summed E-state index contributed by atoms with van der Waals surface area (Å²) in [5.74, 6) is -0.315. The van der Waals surface area contributed by atoms with E-state index in [1.807, 2.05) is 19.2 Å². The Morgan fingerprint density at radius 2 is 2.47 bits per heavy atom. The Morgan fingerprint density at radius 1 is 1.65 bits per heavy atom. The van der Waals surface area contributed by atoms with Crippen molar-refractivity contribution in [3.63, 3.8) is 0 Å². The summed E-state index contributed by atoms with van der Waals surface area (Å²) in [6.45, 7) is 4.19. The van der Waals surface area contributed by atoms with Crippen LogP contribution in [0.25, 0.3) is 0 Å². The zero-order valence-electron chi connectivity index (χ0n) is 9.66. The maximum absolute atomic E-state index is 11.8. The number of aryl methyl sites for hydroxylation is 1. The van der Waals surface area contributed by atoms with Gasteiger partial charge >= 0.3 is 5.97 Å². The van der Waals surface area contributed by atoms with Gasteiger partial charge in [0.1, 0.15) is 11.0 Å². The molecule has 5 nitrogen and oxygen atoms in total. The van der Waals surface area contributed by atoms with Crippen LogP contribution < -0.4 is 0 Å². The number of carbonyl (C=O) groups excluding carboxylic acids is 1. The predicted molar refractivity (Wildman–Crippen MR) is 64.0 cm³/mol. The van der Waals surface area contributed by atoms with E-state index in [1.165, 1.54) is 11.3 Å².